The molecular weight excluding hydrogens is 244 g/mol. The zero-order valence-electron chi connectivity index (χ0n) is 11.0. The van der Waals surface area contributed by atoms with Crippen LogP contribution in [-0.4, -0.2) is 32.6 Å². The van der Waals surface area contributed by atoms with Crippen LogP contribution in [0, 0.1) is 5.41 Å². The van der Waals surface area contributed by atoms with Gasteiger partial charge in [-0.05, 0) is 25.0 Å². The Kier molecular flexibility index (Phi) is 2.52. The highest BCUT2D eigenvalue weighted by atomic mass is 16.5. The fourth-order valence-electron chi connectivity index (χ4n) is 2.73. The molecule has 1 heterocycles. The number of carbonyl (C=O) groups is 2. The van der Waals surface area contributed by atoms with Crippen LogP contribution in [0.15, 0.2) is 18.2 Å². The molecule has 0 unspecified atom stereocenters. The minimum Gasteiger partial charge on any atom is -0.465 e. The third kappa shape index (κ3) is 1.77. The molecular formula is C14H16N2O3. The van der Waals surface area contributed by atoms with Gasteiger partial charge in [0.25, 0.3) is 0 Å². The van der Waals surface area contributed by atoms with Gasteiger partial charge in [-0.2, -0.15) is 0 Å². The second-order valence-corrected chi connectivity index (χ2v) is 5.28. The van der Waals surface area contributed by atoms with Gasteiger partial charge < -0.3 is 15.0 Å². The number of nitrogens with zero attached hydrogens (tertiary/aromatic N) is 1. The first-order valence-electron chi connectivity index (χ1n) is 6.31. The van der Waals surface area contributed by atoms with Crippen LogP contribution in [-0.2, 0) is 9.53 Å². The van der Waals surface area contributed by atoms with E-state index >= 15 is 0 Å². The van der Waals surface area contributed by atoms with Crippen molar-refractivity contribution in [3.8, 4) is 0 Å². The molecule has 0 atom stereocenters. The van der Waals surface area contributed by atoms with Crippen molar-refractivity contribution in [1.29, 1.82) is 0 Å². The van der Waals surface area contributed by atoms with Gasteiger partial charge in [0.15, 0.2) is 0 Å². The average molecular weight is 260 g/mol. The van der Waals surface area contributed by atoms with Gasteiger partial charge in [-0.3, -0.25) is 4.79 Å². The first-order valence-corrected chi connectivity index (χ1v) is 6.31. The number of hydrogen-bond donors (Lipinski definition) is 1. The Balaban J connectivity index is 2.10. The van der Waals surface area contributed by atoms with Crippen molar-refractivity contribution in [2.45, 2.75) is 12.8 Å². The Morgan fingerprint density at radius 3 is 2.79 bits per heavy atom. The van der Waals surface area contributed by atoms with Gasteiger partial charge in [-0.25, -0.2) is 4.79 Å². The van der Waals surface area contributed by atoms with Crippen molar-refractivity contribution >= 4 is 23.3 Å². The zero-order valence-corrected chi connectivity index (χ0v) is 11.0. The van der Waals surface area contributed by atoms with Crippen molar-refractivity contribution in [2.75, 3.05) is 30.9 Å². The fourth-order valence-corrected chi connectivity index (χ4v) is 2.73. The Labute approximate surface area is 111 Å². The molecule has 1 aromatic carbocycles. The summed E-state index contributed by atoms with van der Waals surface area (Å²) < 4.78 is 4.81. The van der Waals surface area contributed by atoms with E-state index in [1.165, 1.54) is 7.11 Å². The molecule has 1 fully saturated rings. The molecule has 0 saturated heterocycles. The topological polar surface area (TPSA) is 58.6 Å². The minimum absolute atomic E-state index is 0.0557. The number of para-hydroxylation sites is 1. The molecule has 1 N–H and O–H groups in total. The Morgan fingerprint density at radius 1 is 1.42 bits per heavy atom. The number of rotatable bonds is 1. The summed E-state index contributed by atoms with van der Waals surface area (Å²) in [6.45, 7) is 0.639. The van der Waals surface area contributed by atoms with E-state index in [0.717, 1.165) is 18.5 Å². The van der Waals surface area contributed by atoms with Gasteiger partial charge in [0.1, 0.15) is 0 Å². The summed E-state index contributed by atoms with van der Waals surface area (Å²) in [5, 5.41) is 2.94. The molecule has 5 heteroatoms. The van der Waals surface area contributed by atoms with Crippen molar-refractivity contribution in [3.63, 3.8) is 0 Å². The minimum atomic E-state index is -0.385. The predicted molar refractivity (Wildman–Crippen MR) is 71.3 cm³/mol. The smallest absolute Gasteiger partial charge is 0.340 e. The van der Waals surface area contributed by atoms with E-state index in [1.807, 2.05) is 18.0 Å². The fraction of sp³-hybridized carbons (Fsp3) is 0.429. The third-order valence-electron chi connectivity index (χ3n) is 3.95. The van der Waals surface area contributed by atoms with Gasteiger partial charge >= 0.3 is 5.97 Å². The van der Waals surface area contributed by atoms with Gasteiger partial charge in [-0.1, -0.05) is 6.07 Å². The van der Waals surface area contributed by atoms with Gasteiger partial charge in [0.05, 0.1) is 29.5 Å². The second-order valence-electron chi connectivity index (χ2n) is 5.28. The Morgan fingerprint density at radius 2 is 2.16 bits per heavy atom. The monoisotopic (exact) mass is 260 g/mol. The largest absolute Gasteiger partial charge is 0.465 e. The molecule has 3 rings (SSSR count). The second kappa shape index (κ2) is 3.98. The number of nitrogens with one attached hydrogen (secondary N) is 1. The summed E-state index contributed by atoms with van der Waals surface area (Å²) in [5.74, 6) is -0.329. The van der Waals surface area contributed by atoms with Crippen LogP contribution in [0.4, 0.5) is 11.4 Å². The first kappa shape index (κ1) is 12.0. The summed E-state index contributed by atoms with van der Waals surface area (Å²) in [6, 6.07) is 5.29. The third-order valence-corrected chi connectivity index (χ3v) is 3.95. The molecule has 100 valence electrons. The molecule has 1 aliphatic heterocycles. The van der Waals surface area contributed by atoms with Gasteiger partial charge in [-0.15, -0.1) is 0 Å². The number of carbonyl (C=O) groups excluding carboxylic acids is 2. The van der Waals surface area contributed by atoms with Crippen LogP contribution in [0.25, 0.3) is 0 Å². The quantitative estimate of drug-likeness (QED) is 0.780. The van der Waals surface area contributed by atoms with Crippen LogP contribution in [0.3, 0.4) is 0 Å². The number of amides is 1. The summed E-state index contributed by atoms with van der Waals surface area (Å²) in [5.41, 5.74) is 1.63. The van der Waals surface area contributed by atoms with E-state index < -0.39 is 0 Å². The molecule has 1 saturated carbocycles. The molecule has 0 bridgehead atoms. The number of esters is 1. The zero-order chi connectivity index (χ0) is 13.6. The summed E-state index contributed by atoms with van der Waals surface area (Å²) >= 11 is 0. The first-order chi connectivity index (χ1) is 9.07. The maximum Gasteiger partial charge on any atom is 0.340 e. The highest BCUT2D eigenvalue weighted by Crippen LogP contribution is 2.50. The Hall–Kier alpha value is -2.04. The van der Waals surface area contributed by atoms with E-state index in [4.69, 9.17) is 4.74 Å². The van der Waals surface area contributed by atoms with Crippen molar-refractivity contribution in [2.24, 2.45) is 5.41 Å². The molecule has 0 aromatic heterocycles. The summed E-state index contributed by atoms with van der Waals surface area (Å²) in [6.07, 6.45) is 1.81. The van der Waals surface area contributed by atoms with Crippen LogP contribution >= 0.6 is 0 Å². The van der Waals surface area contributed by atoms with Crippen LogP contribution in [0.1, 0.15) is 23.2 Å². The normalized spacial score (nSPS) is 19.5. The van der Waals surface area contributed by atoms with E-state index in [0.29, 0.717) is 17.8 Å². The number of benzene rings is 1. The lowest BCUT2D eigenvalue weighted by atomic mass is 10.1. The number of hydrogen-bond acceptors (Lipinski definition) is 4. The molecule has 0 radical (unpaired) electrons. The maximum absolute atomic E-state index is 12.2. The van der Waals surface area contributed by atoms with E-state index in [9.17, 15) is 9.59 Å². The average Bonchev–Trinajstić information content (AvgIpc) is 3.18. The number of fused-ring (bicyclic) bond motifs is 1. The molecule has 2 aliphatic rings. The lowest BCUT2D eigenvalue weighted by Gasteiger charge is -2.23. The van der Waals surface area contributed by atoms with Crippen LogP contribution in [0.2, 0.25) is 0 Å². The number of anilines is 2. The van der Waals surface area contributed by atoms with Crippen LogP contribution < -0.4 is 10.2 Å². The highest BCUT2D eigenvalue weighted by molar-refractivity contribution is 6.06. The highest BCUT2D eigenvalue weighted by Gasteiger charge is 2.52. The lowest BCUT2D eigenvalue weighted by Crippen LogP contribution is -2.32. The molecule has 5 nitrogen and oxygen atoms in total. The van der Waals surface area contributed by atoms with E-state index in [1.54, 1.807) is 12.1 Å². The summed E-state index contributed by atoms with van der Waals surface area (Å²) in [4.78, 5) is 26.0. The number of ether oxygens (including phenoxy) is 1. The van der Waals surface area contributed by atoms with Crippen LogP contribution in [0.5, 0.6) is 0 Å². The Bertz CT molecular complexity index is 564. The number of methoxy groups -OCH3 is 1. The maximum atomic E-state index is 12.2. The lowest BCUT2D eigenvalue weighted by molar-refractivity contribution is -0.120. The molecule has 1 amide bonds. The molecule has 1 spiro atoms. The SMILES string of the molecule is COC(=O)c1cccc2c1N(C)CC1(CC1)C(=O)N2. The van der Waals surface area contributed by atoms with Crippen molar-refractivity contribution in [1.82, 2.24) is 0 Å². The molecule has 1 aromatic rings. The molecule has 19 heavy (non-hydrogen) atoms. The molecule has 1 aliphatic carbocycles. The van der Waals surface area contributed by atoms with Crippen molar-refractivity contribution in [3.05, 3.63) is 23.8 Å². The van der Waals surface area contributed by atoms with Gasteiger partial charge in [0, 0.05) is 13.6 Å². The van der Waals surface area contributed by atoms with Gasteiger partial charge in [0.2, 0.25) is 5.91 Å². The standard InChI is InChI=1S/C14H16N2O3/c1-16-8-14(6-7-14)13(18)15-10-5-3-4-9(11(10)16)12(17)19-2/h3-5H,6-8H2,1-2H3,(H,15,18). The summed E-state index contributed by atoms with van der Waals surface area (Å²) in [7, 11) is 3.27. The van der Waals surface area contributed by atoms with E-state index in [-0.39, 0.29) is 17.3 Å². The van der Waals surface area contributed by atoms with E-state index in [2.05, 4.69) is 5.32 Å². The van der Waals surface area contributed by atoms with Crippen molar-refractivity contribution < 1.29 is 14.3 Å². The predicted octanol–water partition coefficient (Wildman–Crippen LogP) is 1.64.